The molecule has 2 rings (SSSR count). The Morgan fingerprint density at radius 2 is 2.05 bits per heavy atom. The molecule has 0 bridgehead atoms. The zero-order valence-electron chi connectivity index (χ0n) is 11.9. The minimum absolute atomic E-state index is 0.248. The molecule has 1 N–H and O–H groups in total. The first-order valence-electron chi connectivity index (χ1n) is 7.17. The average molecular weight is 260 g/mol. The van der Waals surface area contributed by atoms with E-state index < -0.39 is 0 Å². The summed E-state index contributed by atoms with van der Waals surface area (Å²) in [7, 11) is 2.12. The van der Waals surface area contributed by atoms with Gasteiger partial charge in [-0.2, -0.15) is 0 Å². The van der Waals surface area contributed by atoms with Crippen molar-refractivity contribution in [1.29, 1.82) is 0 Å². The van der Waals surface area contributed by atoms with Gasteiger partial charge in [-0.3, -0.25) is 4.79 Å². The number of nitrogens with one attached hydrogen (secondary N) is 1. The molecule has 1 fully saturated rings. The summed E-state index contributed by atoms with van der Waals surface area (Å²) in [6.45, 7) is 4.91. The summed E-state index contributed by atoms with van der Waals surface area (Å²) in [5.41, 5.74) is 1.33. The standard InChI is InChI=1S/C16H24N2O/c1-13-11-15(13)16(19)17-9-6-10-18(2)12-14-7-4-3-5-8-14/h3-5,7-8,13,15H,6,9-12H2,1-2H3,(H,17,19)/t13-,15-/m1/s1. The topological polar surface area (TPSA) is 32.3 Å². The van der Waals surface area contributed by atoms with Crippen molar-refractivity contribution in [1.82, 2.24) is 10.2 Å². The summed E-state index contributed by atoms with van der Waals surface area (Å²) in [5, 5.41) is 3.03. The molecule has 1 aromatic rings. The summed E-state index contributed by atoms with van der Waals surface area (Å²) in [5.74, 6) is 1.14. The van der Waals surface area contributed by atoms with Crippen LogP contribution in [0.4, 0.5) is 0 Å². The maximum atomic E-state index is 11.6. The zero-order chi connectivity index (χ0) is 13.7. The molecule has 0 unspecified atom stereocenters. The molecule has 0 aliphatic heterocycles. The van der Waals surface area contributed by atoms with E-state index in [0.29, 0.717) is 11.8 Å². The van der Waals surface area contributed by atoms with Gasteiger partial charge in [-0.1, -0.05) is 37.3 Å². The number of carbonyl (C=O) groups is 1. The van der Waals surface area contributed by atoms with Crippen LogP contribution in [-0.2, 0) is 11.3 Å². The molecular weight excluding hydrogens is 236 g/mol. The maximum absolute atomic E-state index is 11.6. The van der Waals surface area contributed by atoms with Crippen molar-refractivity contribution in [3.8, 4) is 0 Å². The van der Waals surface area contributed by atoms with Gasteiger partial charge in [0, 0.05) is 19.0 Å². The van der Waals surface area contributed by atoms with E-state index in [1.807, 2.05) is 6.07 Å². The molecule has 0 aromatic heterocycles. The van der Waals surface area contributed by atoms with Crippen molar-refractivity contribution < 1.29 is 4.79 Å². The Labute approximate surface area is 116 Å². The number of rotatable bonds is 7. The second kappa shape index (κ2) is 6.71. The fourth-order valence-electron chi connectivity index (χ4n) is 2.35. The lowest BCUT2D eigenvalue weighted by Gasteiger charge is -2.16. The van der Waals surface area contributed by atoms with Gasteiger partial charge in [0.2, 0.25) is 5.91 Å². The molecule has 0 radical (unpaired) electrons. The van der Waals surface area contributed by atoms with E-state index in [4.69, 9.17) is 0 Å². The van der Waals surface area contributed by atoms with Crippen LogP contribution >= 0.6 is 0 Å². The molecule has 3 nitrogen and oxygen atoms in total. The summed E-state index contributed by atoms with van der Waals surface area (Å²) >= 11 is 0. The molecule has 0 saturated heterocycles. The molecule has 104 valence electrons. The number of carbonyl (C=O) groups excluding carboxylic acids is 1. The summed E-state index contributed by atoms with van der Waals surface area (Å²) < 4.78 is 0. The summed E-state index contributed by atoms with van der Waals surface area (Å²) in [6, 6.07) is 10.5. The Balaban J connectivity index is 1.56. The first kappa shape index (κ1) is 14.1. The van der Waals surface area contributed by atoms with E-state index in [-0.39, 0.29) is 5.91 Å². The minimum atomic E-state index is 0.248. The second-order valence-electron chi connectivity index (χ2n) is 5.69. The van der Waals surface area contributed by atoms with Gasteiger partial charge in [0.1, 0.15) is 0 Å². The van der Waals surface area contributed by atoms with Crippen LogP contribution in [-0.4, -0.2) is 30.9 Å². The third-order valence-corrected chi connectivity index (χ3v) is 3.76. The molecule has 3 heteroatoms. The molecule has 1 aliphatic rings. The number of benzene rings is 1. The fraction of sp³-hybridized carbons (Fsp3) is 0.562. The lowest BCUT2D eigenvalue weighted by molar-refractivity contribution is -0.122. The van der Waals surface area contributed by atoms with Gasteiger partial charge in [0.15, 0.2) is 0 Å². The van der Waals surface area contributed by atoms with E-state index in [0.717, 1.165) is 32.5 Å². The van der Waals surface area contributed by atoms with Gasteiger partial charge in [-0.05, 0) is 37.9 Å². The second-order valence-corrected chi connectivity index (χ2v) is 5.69. The molecule has 1 amide bonds. The minimum Gasteiger partial charge on any atom is -0.356 e. The Kier molecular flexibility index (Phi) is 4.97. The SMILES string of the molecule is C[C@@H]1C[C@H]1C(=O)NCCCN(C)Cc1ccccc1. The average Bonchev–Trinajstić information content (AvgIpc) is 3.13. The molecule has 1 aliphatic carbocycles. The fourth-order valence-corrected chi connectivity index (χ4v) is 2.35. The largest absolute Gasteiger partial charge is 0.356 e. The van der Waals surface area contributed by atoms with Gasteiger partial charge in [-0.15, -0.1) is 0 Å². The maximum Gasteiger partial charge on any atom is 0.223 e. The van der Waals surface area contributed by atoms with Gasteiger partial charge >= 0.3 is 0 Å². The van der Waals surface area contributed by atoms with Crippen LogP contribution in [0.1, 0.15) is 25.3 Å². The molecule has 1 aromatic carbocycles. The highest BCUT2D eigenvalue weighted by Gasteiger charge is 2.38. The smallest absolute Gasteiger partial charge is 0.223 e. The molecule has 0 spiro atoms. The van der Waals surface area contributed by atoms with Crippen molar-refractivity contribution in [2.75, 3.05) is 20.1 Å². The lowest BCUT2D eigenvalue weighted by atomic mass is 10.2. The first-order chi connectivity index (χ1) is 9.16. The molecule has 1 saturated carbocycles. The number of amides is 1. The zero-order valence-corrected chi connectivity index (χ0v) is 11.9. The molecular formula is C16H24N2O. The van der Waals surface area contributed by atoms with E-state index in [1.54, 1.807) is 0 Å². The van der Waals surface area contributed by atoms with Crippen molar-refractivity contribution in [3.63, 3.8) is 0 Å². The highest BCUT2D eigenvalue weighted by Crippen LogP contribution is 2.37. The van der Waals surface area contributed by atoms with Crippen molar-refractivity contribution in [2.45, 2.75) is 26.3 Å². The van der Waals surface area contributed by atoms with Gasteiger partial charge in [0.25, 0.3) is 0 Å². The lowest BCUT2D eigenvalue weighted by Crippen LogP contribution is -2.29. The van der Waals surface area contributed by atoms with Crippen molar-refractivity contribution in [3.05, 3.63) is 35.9 Å². The highest BCUT2D eigenvalue weighted by atomic mass is 16.2. The number of hydrogen-bond acceptors (Lipinski definition) is 2. The Hall–Kier alpha value is -1.35. The van der Waals surface area contributed by atoms with Crippen LogP contribution in [0, 0.1) is 11.8 Å². The van der Waals surface area contributed by atoms with Crippen LogP contribution in [0.5, 0.6) is 0 Å². The predicted molar refractivity (Wildman–Crippen MR) is 77.7 cm³/mol. The molecule has 19 heavy (non-hydrogen) atoms. The molecule has 0 heterocycles. The van der Waals surface area contributed by atoms with E-state index in [1.165, 1.54) is 5.56 Å². The van der Waals surface area contributed by atoms with Crippen LogP contribution in [0.15, 0.2) is 30.3 Å². The van der Waals surface area contributed by atoms with Gasteiger partial charge < -0.3 is 10.2 Å². The Morgan fingerprint density at radius 3 is 2.68 bits per heavy atom. The van der Waals surface area contributed by atoms with E-state index in [2.05, 4.69) is 48.5 Å². The molecule has 2 atom stereocenters. The Bertz CT molecular complexity index is 404. The van der Waals surface area contributed by atoms with Gasteiger partial charge in [0.05, 0.1) is 0 Å². The van der Waals surface area contributed by atoms with Crippen molar-refractivity contribution >= 4 is 5.91 Å². The monoisotopic (exact) mass is 260 g/mol. The van der Waals surface area contributed by atoms with Crippen LogP contribution < -0.4 is 5.32 Å². The predicted octanol–water partition coefficient (Wildman–Crippen LogP) is 2.28. The highest BCUT2D eigenvalue weighted by molar-refractivity contribution is 5.81. The summed E-state index contributed by atoms with van der Waals surface area (Å²) in [6.07, 6.45) is 2.08. The quantitative estimate of drug-likeness (QED) is 0.763. The number of nitrogens with zero attached hydrogens (tertiary/aromatic N) is 1. The van der Waals surface area contributed by atoms with Crippen LogP contribution in [0.3, 0.4) is 0 Å². The third kappa shape index (κ3) is 4.67. The van der Waals surface area contributed by atoms with Gasteiger partial charge in [-0.25, -0.2) is 0 Å². The van der Waals surface area contributed by atoms with E-state index >= 15 is 0 Å². The Morgan fingerprint density at radius 1 is 1.37 bits per heavy atom. The third-order valence-electron chi connectivity index (χ3n) is 3.76. The van der Waals surface area contributed by atoms with Crippen LogP contribution in [0.25, 0.3) is 0 Å². The van der Waals surface area contributed by atoms with Crippen LogP contribution in [0.2, 0.25) is 0 Å². The summed E-state index contributed by atoms with van der Waals surface area (Å²) in [4.78, 5) is 13.9. The van der Waals surface area contributed by atoms with E-state index in [9.17, 15) is 4.79 Å². The number of hydrogen-bond donors (Lipinski definition) is 1. The normalized spacial score (nSPS) is 21.4. The first-order valence-corrected chi connectivity index (χ1v) is 7.17. The van der Waals surface area contributed by atoms with Crippen molar-refractivity contribution in [2.24, 2.45) is 11.8 Å².